The molecular formula is C34H16S4. The van der Waals surface area contributed by atoms with E-state index in [0.29, 0.717) is 0 Å². The zero-order valence-corrected chi connectivity index (χ0v) is 23.1. The Labute approximate surface area is 232 Å². The van der Waals surface area contributed by atoms with E-state index in [0.717, 1.165) is 0 Å². The van der Waals surface area contributed by atoms with Gasteiger partial charge in [-0.1, -0.05) is 24.3 Å². The van der Waals surface area contributed by atoms with Gasteiger partial charge in [-0.3, -0.25) is 0 Å². The fourth-order valence-electron chi connectivity index (χ4n) is 6.28. The maximum atomic E-state index is 2.41. The summed E-state index contributed by atoms with van der Waals surface area (Å²) in [6.45, 7) is 0. The van der Waals surface area contributed by atoms with Crippen LogP contribution in [-0.2, 0) is 0 Å². The van der Waals surface area contributed by atoms with E-state index in [-0.39, 0.29) is 0 Å². The standard InChI is InChI=1S/C34H16S4/c1-3-25-27-11-21-13-29-17(5-7-35-29)9-19(21)15-31(27)38-34(25)24-2-4-26-28-12-22-14-30-18(6-8-36-30)10-20(22)16-32(28)37-33(26)23(1)24/h1-16H. The van der Waals surface area contributed by atoms with Crippen LogP contribution in [0.1, 0.15) is 0 Å². The minimum absolute atomic E-state index is 1.33. The lowest BCUT2D eigenvalue weighted by atomic mass is 10.0. The number of rotatable bonds is 0. The fourth-order valence-corrected chi connectivity index (χ4v) is 10.4. The van der Waals surface area contributed by atoms with Gasteiger partial charge in [-0.2, -0.15) is 0 Å². The third-order valence-electron chi connectivity index (χ3n) is 8.13. The number of hydrogen-bond donors (Lipinski definition) is 0. The van der Waals surface area contributed by atoms with Crippen LogP contribution in [0.3, 0.4) is 0 Å². The topological polar surface area (TPSA) is 0 Å². The summed E-state index contributed by atoms with van der Waals surface area (Å²) in [7, 11) is 0. The summed E-state index contributed by atoms with van der Waals surface area (Å²) in [5, 5.41) is 20.6. The molecule has 0 saturated heterocycles. The largest absolute Gasteiger partial charge is 0.144 e. The summed E-state index contributed by atoms with van der Waals surface area (Å²) in [4.78, 5) is 0. The van der Waals surface area contributed by atoms with E-state index in [1.54, 1.807) is 0 Å². The number of fused-ring (bicyclic) bond motifs is 13. The van der Waals surface area contributed by atoms with Gasteiger partial charge in [0.05, 0.1) is 0 Å². The SMILES string of the molecule is c1cc2cc3cc4sc5c(ccc6c5ccc5c7cc8cc9sccc9cc8cc7sc56)c4cc3cc2s1. The molecule has 0 aliphatic heterocycles. The molecule has 10 aromatic rings. The van der Waals surface area contributed by atoms with Gasteiger partial charge in [0.15, 0.2) is 0 Å². The van der Waals surface area contributed by atoms with Gasteiger partial charge in [0.1, 0.15) is 0 Å². The lowest BCUT2D eigenvalue weighted by molar-refractivity contribution is 1.93. The molecular weight excluding hydrogens is 537 g/mol. The van der Waals surface area contributed by atoms with Crippen LogP contribution in [0.5, 0.6) is 0 Å². The minimum Gasteiger partial charge on any atom is -0.144 e. The van der Waals surface area contributed by atoms with E-state index >= 15 is 0 Å². The Morgan fingerprint density at radius 2 is 0.711 bits per heavy atom. The predicted octanol–water partition coefficient (Wildman–Crippen LogP) is 12.3. The van der Waals surface area contributed by atoms with Crippen LogP contribution in [0.2, 0.25) is 0 Å². The molecule has 0 spiro atoms. The quantitative estimate of drug-likeness (QED) is 0.175. The van der Waals surface area contributed by atoms with Gasteiger partial charge in [0.25, 0.3) is 0 Å². The summed E-state index contributed by atoms with van der Waals surface area (Å²) >= 11 is 7.53. The second-order valence-corrected chi connectivity index (χ2v) is 14.2. The van der Waals surface area contributed by atoms with Gasteiger partial charge >= 0.3 is 0 Å². The molecule has 0 atom stereocenters. The monoisotopic (exact) mass is 552 g/mol. The molecule has 0 radical (unpaired) electrons. The van der Waals surface area contributed by atoms with Gasteiger partial charge in [0.2, 0.25) is 0 Å². The van der Waals surface area contributed by atoms with Crippen LogP contribution >= 0.6 is 45.3 Å². The van der Waals surface area contributed by atoms with Crippen molar-refractivity contribution in [2.45, 2.75) is 0 Å². The van der Waals surface area contributed by atoms with Crippen molar-refractivity contribution in [2.75, 3.05) is 0 Å². The molecule has 0 fully saturated rings. The molecule has 10 rings (SSSR count). The summed E-state index contributed by atoms with van der Waals surface area (Å²) < 4.78 is 8.27. The van der Waals surface area contributed by atoms with E-state index in [1.807, 2.05) is 45.3 Å². The Balaban J connectivity index is 1.27. The maximum Gasteiger partial charge on any atom is 0.0434 e. The predicted molar refractivity (Wildman–Crippen MR) is 176 cm³/mol. The lowest BCUT2D eigenvalue weighted by Crippen LogP contribution is -1.76. The lowest BCUT2D eigenvalue weighted by Gasteiger charge is -2.03. The first-order chi connectivity index (χ1) is 18.8. The first-order valence-electron chi connectivity index (χ1n) is 12.6. The summed E-state index contributed by atoms with van der Waals surface area (Å²) in [6.07, 6.45) is 0. The van der Waals surface area contributed by atoms with Crippen molar-refractivity contribution in [3.8, 4) is 0 Å². The molecule has 4 aromatic heterocycles. The third kappa shape index (κ3) is 2.63. The van der Waals surface area contributed by atoms with Gasteiger partial charge in [-0.15, -0.1) is 45.3 Å². The molecule has 6 aromatic carbocycles. The first-order valence-corrected chi connectivity index (χ1v) is 16.0. The average Bonchev–Trinajstić information content (AvgIpc) is 3.72. The van der Waals surface area contributed by atoms with E-state index in [1.165, 1.54) is 92.8 Å². The molecule has 0 unspecified atom stereocenters. The smallest absolute Gasteiger partial charge is 0.0434 e. The van der Waals surface area contributed by atoms with Crippen LogP contribution < -0.4 is 0 Å². The Hall–Kier alpha value is -3.54. The Bertz CT molecular complexity index is 2440. The molecule has 0 amide bonds. The minimum atomic E-state index is 1.33. The zero-order valence-electron chi connectivity index (χ0n) is 19.9. The van der Waals surface area contributed by atoms with Gasteiger partial charge in [-0.05, 0) is 104 Å². The summed E-state index contributed by atoms with van der Waals surface area (Å²) in [6, 6.07) is 32.9. The van der Waals surface area contributed by atoms with Gasteiger partial charge in [0, 0.05) is 60.5 Å². The summed E-state index contributed by atoms with van der Waals surface area (Å²) in [5.74, 6) is 0. The number of hydrogen-bond acceptors (Lipinski definition) is 4. The van der Waals surface area contributed by atoms with Crippen molar-refractivity contribution >= 4 is 138 Å². The molecule has 0 bridgehead atoms. The van der Waals surface area contributed by atoms with Crippen molar-refractivity contribution in [2.24, 2.45) is 0 Å². The Kier molecular flexibility index (Phi) is 3.82. The van der Waals surface area contributed by atoms with Crippen molar-refractivity contribution < 1.29 is 0 Å². The van der Waals surface area contributed by atoms with Crippen LogP contribution in [0.25, 0.3) is 92.8 Å². The average molecular weight is 553 g/mol. The van der Waals surface area contributed by atoms with E-state index < -0.39 is 0 Å². The van der Waals surface area contributed by atoms with Crippen molar-refractivity contribution in [1.29, 1.82) is 0 Å². The first kappa shape index (κ1) is 20.4. The molecule has 38 heavy (non-hydrogen) atoms. The van der Waals surface area contributed by atoms with Gasteiger partial charge < -0.3 is 0 Å². The summed E-state index contributed by atoms with van der Waals surface area (Å²) in [5.41, 5.74) is 0. The Morgan fingerprint density at radius 1 is 0.316 bits per heavy atom. The van der Waals surface area contributed by atoms with Crippen LogP contribution in [0.4, 0.5) is 0 Å². The Morgan fingerprint density at radius 3 is 1.18 bits per heavy atom. The zero-order chi connectivity index (χ0) is 24.5. The van der Waals surface area contributed by atoms with Gasteiger partial charge in [-0.25, -0.2) is 0 Å². The highest BCUT2D eigenvalue weighted by atomic mass is 32.1. The maximum absolute atomic E-state index is 2.41. The molecule has 0 nitrogen and oxygen atoms in total. The number of benzene rings is 6. The highest BCUT2D eigenvalue weighted by Gasteiger charge is 2.15. The highest BCUT2D eigenvalue weighted by Crippen LogP contribution is 2.46. The molecule has 0 aliphatic carbocycles. The molecule has 176 valence electrons. The third-order valence-corrected chi connectivity index (χ3v) is 12.3. The fraction of sp³-hybridized carbons (Fsp3) is 0. The number of thiophene rings is 4. The molecule has 4 heteroatoms. The second kappa shape index (κ2) is 7.10. The highest BCUT2D eigenvalue weighted by molar-refractivity contribution is 7.28. The van der Waals surface area contributed by atoms with Crippen LogP contribution in [0, 0.1) is 0 Å². The van der Waals surface area contributed by atoms with Crippen molar-refractivity contribution in [3.63, 3.8) is 0 Å². The van der Waals surface area contributed by atoms with Crippen molar-refractivity contribution in [1.82, 2.24) is 0 Å². The molecule has 0 saturated carbocycles. The van der Waals surface area contributed by atoms with E-state index in [4.69, 9.17) is 0 Å². The second-order valence-electron chi connectivity index (χ2n) is 10.2. The van der Waals surface area contributed by atoms with Crippen LogP contribution in [-0.4, -0.2) is 0 Å². The molecule has 0 aliphatic rings. The van der Waals surface area contributed by atoms with E-state index in [2.05, 4.69) is 95.7 Å². The molecule has 0 N–H and O–H groups in total. The molecule has 4 heterocycles. The van der Waals surface area contributed by atoms with Crippen LogP contribution in [0.15, 0.2) is 95.7 Å². The van der Waals surface area contributed by atoms with E-state index in [9.17, 15) is 0 Å². The normalized spacial score (nSPS) is 12.7. The van der Waals surface area contributed by atoms with Crippen molar-refractivity contribution in [3.05, 3.63) is 95.7 Å².